The molecule has 7 heteroatoms. The summed E-state index contributed by atoms with van der Waals surface area (Å²) < 4.78 is 0. The molecule has 2 rings (SSSR count). The topological polar surface area (TPSA) is 105 Å². The summed E-state index contributed by atoms with van der Waals surface area (Å²) in [4.78, 5) is 36.6. The van der Waals surface area contributed by atoms with Gasteiger partial charge in [0.25, 0.3) is 5.91 Å². The lowest BCUT2D eigenvalue weighted by Gasteiger charge is -2.07. The number of aromatic amines is 1. The summed E-state index contributed by atoms with van der Waals surface area (Å²) in [6, 6.07) is 6.98. The second kappa shape index (κ2) is 5.58. The molecule has 102 valence electrons. The minimum atomic E-state index is -0.692. The summed E-state index contributed by atoms with van der Waals surface area (Å²) in [5.74, 6) is -1.17. The van der Waals surface area contributed by atoms with Crippen molar-refractivity contribution in [2.24, 2.45) is 5.73 Å². The number of carbonyl (C=O) groups excluding carboxylic acids is 2. The largest absolute Gasteiger partial charge is 0.366 e. The number of amides is 2. The zero-order valence-corrected chi connectivity index (χ0v) is 10.9. The van der Waals surface area contributed by atoms with Crippen molar-refractivity contribution in [3.05, 3.63) is 63.0 Å². The van der Waals surface area contributed by atoms with E-state index in [1.165, 1.54) is 36.5 Å². The van der Waals surface area contributed by atoms with Crippen LogP contribution < -0.4 is 16.6 Å². The molecular weight excluding hydrogens is 282 g/mol. The van der Waals surface area contributed by atoms with Crippen LogP contribution >= 0.6 is 11.6 Å². The first-order valence-electron chi connectivity index (χ1n) is 5.57. The number of carbonyl (C=O) groups is 2. The van der Waals surface area contributed by atoms with Crippen molar-refractivity contribution in [2.45, 2.75) is 0 Å². The molecule has 0 radical (unpaired) electrons. The highest BCUT2D eigenvalue weighted by Crippen LogP contribution is 2.20. The number of rotatable bonds is 3. The van der Waals surface area contributed by atoms with Gasteiger partial charge in [0.2, 0.25) is 11.5 Å². The molecular formula is C13H10ClN3O3. The number of benzene rings is 1. The molecule has 0 unspecified atom stereocenters. The summed E-state index contributed by atoms with van der Waals surface area (Å²) in [7, 11) is 0. The molecule has 0 spiro atoms. The van der Waals surface area contributed by atoms with Crippen molar-refractivity contribution >= 4 is 29.1 Å². The van der Waals surface area contributed by atoms with E-state index in [1.807, 2.05) is 0 Å². The molecule has 0 aliphatic rings. The summed E-state index contributed by atoms with van der Waals surface area (Å²) in [5.41, 5.74) is 5.44. The van der Waals surface area contributed by atoms with Gasteiger partial charge >= 0.3 is 0 Å². The minimum absolute atomic E-state index is 0.107. The van der Waals surface area contributed by atoms with E-state index in [0.717, 1.165) is 0 Å². The number of nitrogens with one attached hydrogen (secondary N) is 2. The lowest BCUT2D eigenvalue weighted by molar-refractivity contribution is 0.0996. The predicted octanol–water partition coefficient (Wildman–Crippen LogP) is 1.38. The first-order chi connectivity index (χ1) is 9.47. The van der Waals surface area contributed by atoms with Crippen LogP contribution in [0.1, 0.15) is 20.7 Å². The molecule has 1 aromatic carbocycles. The van der Waals surface area contributed by atoms with Crippen LogP contribution in [0.5, 0.6) is 0 Å². The molecule has 0 atom stereocenters. The van der Waals surface area contributed by atoms with Gasteiger partial charge in [-0.3, -0.25) is 14.4 Å². The summed E-state index contributed by atoms with van der Waals surface area (Å²) in [6.07, 6.45) is 1.37. The molecule has 0 bridgehead atoms. The van der Waals surface area contributed by atoms with Crippen LogP contribution in [-0.4, -0.2) is 16.8 Å². The Balaban J connectivity index is 2.26. The number of primary amides is 1. The normalized spacial score (nSPS) is 10.1. The van der Waals surface area contributed by atoms with Crippen molar-refractivity contribution in [2.75, 3.05) is 5.32 Å². The van der Waals surface area contributed by atoms with E-state index in [2.05, 4.69) is 10.3 Å². The number of H-pyrrole nitrogens is 1. The maximum absolute atomic E-state index is 11.9. The maximum atomic E-state index is 11.9. The average molecular weight is 292 g/mol. The van der Waals surface area contributed by atoms with E-state index < -0.39 is 11.8 Å². The van der Waals surface area contributed by atoms with Gasteiger partial charge in [-0.2, -0.15) is 0 Å². The SMILES string of the molecule is NC(=O)c1cc(NC(=O)c2cc[nH]c(=O)c2)ccc1Cl. The van der Waals surface area contributed by atoms with Gasteiger partial charge in [-0.05, 0) is 24.3 Å². The summed E-state index contributed by atoms with van der Waals surface area (Å²) in [6.45, 7) is 0. The molecule has 0 fully saturated rings. The average Bonchev–Trinajstić information content (AvgIpc) is 2.40. The van der Waals surface area contributed by atoms with E-state index in [9.17, 15) is 14.4 Å². The third-order valence-corrected chi connectivity index (χ3v) is 2.86. The van der Waals surface area contributed by atoms with E-state index >= 15 is 0 Å². The predicted molar refractivity (Wildman–Crippen MR) is 75.0 cm³/mol. The minimum Gasteiger partial charge on any atom is -0.366 e. The first-order valence-corrected chi connectivity index (χ1v) is 5.94. The second-order valence-electron chi connectivity index (χ2n) is 3.95. The van der Waals surface area contributed by atoms with E-state index in [-0.39, 0.29) is 21.7 Å². The fourth-order valence-corrected chi connectivity index (χ4v) is 1.79. The lowest BCUT2D eigenvalue weighted by Crippen LogP contribution is -2.17. The van der Waals surface area contributed by atoms with Gasteiger partial charge in [-0.15, -0.1) is 0 Å². The highest BCUT2D eigenvalue weighted by molar-refractivity contribution is 6.34. The number of aromatic nitrogens is 1. The molecule has 0 aliphatic heterocycles. The van der Waals surface area contributed by atoms with Gasteiger partial charge in [-0.1, -0.05) is 11.6 Å². The van der Waals surface area contributed by atoms with Gasteiger partial charge in [0.05, 0.1) is 10.6 Å². The molecule has 1 heterocycles. The maximum Gasteiger partial charge on any atom is 0.255 e. The highest BCUT2D eigenvalue weighted by atomic mass is 35.5. The van der Waals surface area contributed by atoms with Gasteiger partial charge in [0.1, 0.15) is 0 Å². The Morgan fingerprint density at radius 2 is 1.95 bits per heavy atom. The van der Waals surface area contributed by atoms with Crippen molar-refractivity contribution in [3.63, 3.8) is 0 Å². The van der Waals surface area contributed by atoms with Crippen molar-refractivity contribution < 1.29 is 9.59 Å². The Hall–Kier alpha value is -2.60. The third-order valence-electron chi connectivity index (χ3n) is 2.53. The zero-order chi connectivity index (χ0) is 14.7. The monoisotopic (exact) mass is 291 g/mol. The van der Waals surface area contributed by atoms with Crippen LogP contribution in [0.4, 0.5) is 5.69 Å². The van der Waals surface area contributed by atoms with Crippen LogP contribution in [0.15, 0.2) is 41.3 Å². The molecule has 20 heavy (non-hydrogen) atoms. The van der Waals surface area contributed by atoms with Gasteiger partial charge in [0.15, 0.2) is 0 Å². The van der Waals surface area contributed by atoms with Crippen molar-refractivity contribution in [3.8, 4) is 0 Å². The van der Waals surface area contributed by atoms with Gasteiger partial charge in [0, 0.05) is 23.5 Å². The number of hydrogen-bond donors (Lipinski definition) is 3. The number of halogens is 1. The number of anilines is 1. The standard InChI is InChI=1S/C13H10ClN3O3/c14-10-2-1-8(6-9(10)12(15)19)17-13(20)7-3-4-16-11(18)5-7/h1-6H,(H2,15,19)(H,16,18)(H,17,20). The van der Waals surface area contributed by atoms with E-state index in [4.69, 9.17) is 17.3 Å². The fourth-order valence-electron chi connectivity index (χ4n) is 1.58. The summed E-state index contributed by atoms with van der Waals surface area (Å²) >= 11 is 5.81. The van der Waals surface area contributed by atoms with Crippen LogP contribution in [0.3, 0.4) is 0 Å². The molecule has 6 nitrogen and oxygen atoms in total. The molecule has 0 saturated carbocycles. The fraction of sp³-hybridized carbons (Fsp3) is 0. The van der Waals surface area contributed by atoms with Crippen LogP contribution in [0, 0.1) is 0 Å². The Bertz CT molecular complexity index is 740. The first kappa shape index (κ1) is 13.8. The van der Waals surface area contributed by atoms with Crippen LogP contribution in [0.2, 0.25) is 5.02 Å². The van der Waals surface area contributed by atoms with Crippen LogP contribution in [-0.2, 0) is 0 Å². The van der Waals surface area contributed by atoms with Crippen LogP contribution in [0.25, 0.3) is 0 Å². The Kier molecular flexibility index (Phi) is 3.86. The Labute approximate surface area is 118 Å². The van der Waals surface area contributed by atoms with Crippen molar-refractivity contribution in [1.82, 2.24) is 4.98 Å². The van der Waals surface area contributed by atoms with E-state index in [0.29, 0.717) is 5.69 Å². The number of nitrogens with two attached hydrogens (primary N) is 1. The smallest absolute Gasteiger partial charge is 0.255 e. The lowest BCUT2D eigenvalue weighted by atomic mass is 10.1. The number of hydrogen-bond acceptors (Lipinski definition) is 3. The molecule has 0 saturated heterocycles. The molecule has 0 aliphatic carbocycles. The summed E-state index contributed by atoms with van der Waals surface area (Å²) in [5, 5.41) is 2.75. The third kappa shape index (κ3) is 3.04. The second-order valence-corrected chi connectivity index (χ2v) is 4.36. The van der Waals surface area contributed by atoms with Crippen molar-refractivity contribution in [1.29, 1.82) is 0 Å². The number of pyridine rings is 1. The quantitative estimate of drug-likeness (QED) is 0.795. The molecule has 1 aromatic heterocycles. The molecule has 2 aromatic rings. The van der Waals surface area contributed by atoms with E-state index in [1.54, 1.807) is 0 Å². The van der Waals surface area contributed by atoms with Gasteiger partial charge < -0.3 is 16.0 Å². The van der Waals surface area contributed by atoms with Gasteiger partial charge in [-0.25, -0.2) is 0 Å². The molecule has 2 amide bonds. The Morgan fingerprint density at radius 3 is 2.60 bits per heavy atom. The molecule has 4 N–H and O–H groups in total. The Morgan fingerprint density at radius 1 is 1.20 bits per heavy atom. The highest BCUT2D eigenvalue weighted by Gasteiger charge is 2.10. The zero-order valence-electron chi connectivity index (χ0n) is 10.1.